The molecule has 0 amide bonds. The van der Waals surface area contributed by atoms with E-state index in [4.69, 9.17) is 5.73 Å². The van der Waals surface area contributed by atoms with Crippen molar-refractivity contribution in [2.45, 2.75) is 25.3 Å². The van der Waals surface area contributed by atoms with Gasteiger partial charge >= 0.3 is 0 Å². The lowest BCUT2D eigenvalue weighted by Gasteiger charge is -2.13. The maximum absolute atomic E-state index is 13.1. The van der Waals surface area contributed by atoms with Gasteiger partial charge in [-0.2, -0.15) is 0 Å². The fraction of sp³-hybridized carbons (Fsp3) is 0.400. The largest absolute Gasteiger partial charge is 0.321 e. The maximum atomic E-state index is 13.1. The zero-order valence-corrected chi connectivity index (χ0v) is 8.99. The van der Waals surface area contributed by atoms with Crippen molar-refractivity contribution in [2.75, 3.05) is 0 Å². The standard InChI is InChI=1S/C10H11BrFN/c1-6-4-9(12)8(11)5-7(6)10(13)2-3-10/h4-5H,2-3,13H2,1H3. The van der Waals surface area contributed by atoms with Crippen LogP contribution in [0.2, 0.25) is 0 Å². The lowest BCUT2D eigenvalue weighted by molar-refractivity contribution is 0.615. The number of benzene rings is 1. The third-order valence-corrected chi connectivity index (χ3v) is 3.20. The van der Waals surface area contributed by atoms with Crippen molar-refractivity contribution in [3.63, 3.8) is 0 Å². The molecule has 2 rings (SSSR count). The van der Waals surface area contributed by atoms with Crippen molar-refractivity contribution >= 4 is 15.9 Å². The molecule has 1 aliphatic rings. The molecule has 0 bridgehead atoms. The Morgan fingerprint density at radius 2 is 2.08 bits per heavy atom. The Bertz CT molecular complexity index is 358. The van der Waals surface area contributed by atoms with Crippen molar-refractivity contribution in [3.8, 4) is 0 Å². The van der Waals surface area contributed by atoms with Gasteiger partial charge in [0.25, 0.3) is 0 Å². The van der Waals surface area contributed by atoms with E-state index in [9.17, 15) is 4.39 Å². The van der Waals surface area contributed by atoms with Crippen LogP contribution in [0.5, 0.6) is 0 Å². The molecule has 0 aliphatic heterocycles. The molecule has 0 saturated heterocycles. The van der Waals surface area contributed by atoms with Crippen LogP contribution in [0.4, 0.5) is 4.39 Å². The summed E-state index contributed by atoms with van der Waals surface area (Å²) in [6, 6.07) is 3.34. The van der Waals surface area contributed by atoms with Crippen molar-refractivity contribution in [3.05, 3.63) is 33.5 Å². The smallest absolute Gasteiger partial charge is 0.137 e. The minimum atomic E-state index is -0.217. The highest BCUT2D eigenvalue weighted by Crippen LogP contribution is 2.44. The van der Waals surface area contributed by atoms with Gasteiger partial charge in [-0.05, 0) is 59.0 Å². The summed E-state index contributed by atoms with van der Waals surface area (Å²) in [6.07, 6.45) is 2.01. The number of aryl methyl sites for hydroxylation is 1. The average molecular weight is 244 g/mol. The van der Waals surface area contributed by atoms with Crippen LogP contribution in [0.15, 0.2) is 16.6 Å². The summed E-state index contributed by atoms with van der Waals surface area (Å²) in [5.41, 5.74) is 7.88. The van der Waals surface area contributed by atoms with Gasteiger partial charge in [0.05, 0.1) is 4.47 Å². The van der Waals surface area contributed by atoms with Gasteiger partial charge < -0.3 is 5.73 Å². The molecule has 3 heteroatoms. The molecular weight excluding hydrogens is 233 g/mol. The second-order valence-corrected chi connectivity index (χ2v) is 4.59. The highest BCUT2D eigenvalue weighted by molar-refractivity contribution is 9.10. The molecule has 1 saturated carbocycles. The van der Waals surface area contributed by atoms with Gasteiger partial charge in [-0.1, -0.05) is 0 Å². The molecule has 2 N–H and O–H groups in total. The van der Waals surface area contributed by atoms with Gasteiger partial charge in [0.2, 0.25) is 0 Å². The minimum Gasteiger partial charge on any atom is -0.321 e. The molecule has 1 aromatic rings. The molecule has 13 heavy (non-hydrogen) atoms. The normalized spacial score (nSPS) is 18.8. The monoisotopic (exact) mass is 243 g/mol. The zero-order valence-electron chi connectivity index (χ0n) is 7.40. The van der Waals surface area contributed by atoms with Crippen LogP contribution in [0.25, 0.3) is 0 Å². The second-order valence-electron chi connectivity index (χ2n) is 3.74. The van der Waals surface area contributed by atoms with Crippen LogP contribution in [0.3, 0.4) is 0 Å². The zero-order chi connectivity index (χ0) is 9.64. The van der Waals surface area contributed by atoms with E-state index in [1.807, 2.05) is 6.92 Å². The van der Waals surface area contributed by atoms with E-state index in [1.165, 1.54) is 6.07 Å². The first-order chi connectivity index (χ1) is 6.03. The quantitative estimate of drug-likeness (QED) is 0.807. The van der Waals surface area contributed by atoms with Crippen LogP contribution in [-0.2, 0) is 5.54 Å². The lowest BCUT2D eigenvalue weighted by Crippen LogP contribution is -2.20. The second kappa shape index (κ2) is 2.79. The summed E-state index contributed by atoms with van der Waals surface area (Å²) in [5.74, 6) is -0.217. The molecule has 1 fully saturated rings. The molecular formula is C10H11BrFN. The summed E-state index contributed by atoms with van der Waals surface area (Å²) in [5, 5.41) is 0. The van der Waals surface area contributed by atoms with Crippen LogP contribution in [0, 0.1) is 12.7 Å². The molecule has 1 aromatic carbocycles. The Labute approximate surface area is 85.3 Å². The van der Waals surface area contributed by atoms with Crippen molar-refractivity contribution in [2.24, 2.45) is 5.73 Å². The number of hydrogen-bond acceptors (Lipinski definition) is 1. The van der Waals surface area contributed by atoms with Gasteiger partial charge in [-0.3, -0.25) is 0 Å². The summed E-state index contributed by atoms with van der Waals surface area (Å²) in [6.45, 7) is 1.90. The fourth-order valence-corrected chi connectivity index (χ4v) is 1.93. The Morgan fingerprint density at radius 1 is 1.46 bits per heavy atom. The van der Waals surface area contributed by atoms with Crippen LogP contribution >= 0.6 is 15.9 Å². The first kappa shape index (κ1) is 9.16. The summed E-state index contributed by atoms with van der Waals surface area (Å²) in [7, 11) is 0. The fourth-order valence-electron chi connectivity index (χ4n) is 1.59. The molecule has 0 spiro atoms. The minimum absolute atomic E-state index is 0.180. The number of hydrogen-bond donors (Lipinski definition) is 1. The Morgan fingerprint density at radius 3 is 2.62 bits per heavy atom. The summed E-state index contributed by atoms with van der Waals surface area (Å²) in [4.78, 5) is 0. The van der Waals surface area contributed by atoms with Crippen LogP contribution in [-0.4, -0.2) is 0 Å². The van der Waals surface area contributed by atoms with Crippen molar-refractivity contribution < 1.29 is 4.39 Å². The van der Waals surface area contributed by atoms with E-state index < -0.39 is 0 Å². The summed E-state index contributed by atoms with van der Waals surface area (Å²) >= 11 is 3.17. The Hall–Kier alpha value is -0.410. The lowest BCUT2D eigenvalue weighted by atomic mass is 10.0. The highest BCUT2D eigenvalue weighted by Gasteiger charge is 2.41. The van der Waals surface area contributed by atoms with Crippen molar-refractivity contribution in [1.29, 1.82) is 0 Å². The molecule has 0 unspecified atom stereocenters. The first-order valence-corrected chi connectivity index (χ1v) is 5.07. The molecule has 0 atom stereocenters. The molecule has 0 aromatic heterocycles. The SMILES string of the molecule is Cc1cc(F)c(Br)cc1C1(N)CC1. The van der Waals surface area contributed by atoms with E-state index in [-0.39, 0.29) is 11.4 Å². The molecule has 70 valence electrons. The van der Waals surface area contributed by atoms with Crippen molar-refractivity contribution in [1.82, 2.24) is 0 Å². The topological polar surface area (TPSA) is 26.0 Å². The predicted molar refractivity (Wildman–Crippen MR) is 53.9 cm³/mol. The average Bonchev–Trinajstić information content (AvgIpc) is 2.77. The van der Waals surface area contributed by atoms with Gasteiger partial charge in [0.15, 0.2) is 0 Å². The van der Waals surface area contributed by atoms with Gasteiger partial charge in [0.1, 0.15) is 5.82 Å². The first-order valence-electron chi connectivity index (χ1n) is 4.28. The maximum Gasteiger partial charge on any atom is 0.137 e. The van der Waals surface area contributed by atoms with Crippen LogP contribution in [0.1, 0.15) is 24.0 Å². The number of nitrogens with two attached hydrogens (primary N) is 1. The van der Waals surface area contributed by atoms with E-state index in [0.29, 0.717) is 4.47 Å². The number of rotatable bonds is 1. The van der Waals surface area contributed by atoms with E-state index >= 15 is 0 Å². The predicted octanol–water partition coefficient (Wildman–Crippen LogP) is 2.84. The molecule has 0 radical (unpaired) electrons. The summed E-state index contributed by atoms with van der Waals surface area (Å²) < 4.78 is 13.6. The van der Waals surface area contributed by atoms with Gasteiger partial charge in [-0.25, -0.2) is 4.39 Å². The van der Waals surface area contributed by atoms with Gasteiger partial charge in [-0.15, -0.1) is 0 Å². The van der Waals surface area contributed by atoms with E-state index in [1.54, 1.807) is 6.07 Å². The Kier molecular flexibility index (Phi) is 1.96. The highest BCUT2D eigenvalue weighted by atomic mass is 79.9. The number of halogens is 2. The van der Waals surface area contributed by atoms with Gasteiger partial charge in [0, 0.05) is 5.54 Å². The van der Waals surface area contributed by atoms with Crippen LogP contribution < -0.4 is 5.73 Å². The third kappa shape index (κ3) is 1.51. The van der Waals surface area contributed by atoms with E-state index in [2.05, 4.69) is 15.9 Å². The molecule has 1 aliphatic carbocycles. The molecule has 1 nitrogen and oxygen atoms in total. The molecule has 0 heterocycles. The van der Waals surface area contributed by atoms with E-state index in [0.717, 1.165) is 24.0 Å². The third-order valence-electron chi connectivity index (χ3n) is 2.59. The Balaban J connectivity index is 2.52.